The molecule has 5 heteroatoms. The van der Waals surface area contributed by atoms with E-state index in [9.17, 15) is 4.79 Å². The van der Waals surface area contributed by atoms with E-state index in [-0.39, 0.29) is 5.56 Å². The first-order valence-corrected chi connectivity index (χ1v) is 6.51. The molecule has 0 atom stereocenters. The number of hydrogen-bond acceptors (Lipinski definition) is 3. The molecule has 0 spiro atoms. The molecule has 20 heavy (non-hydrogen) atoms. The summed E-state index contributed by atoms with van der Waals surface area (Å²) >= 11 is 0. The summed E-state index contributed by atoms with van der Waals surface area (Å²) in [7, 11) is 0. The number of benzene rings is 1. The summed E-state index contributed by atoms with van der Waals surface area (Å²) in [4.78, 5) is 10.9. The minimum Gasteiger partial charge on any atom is -0.487 e. The van der Waals surface area contributed by atoms with Crippen LogP contribution in [0, 0.1) is 13.8 Å². The Morgan fingerprint density at radius 2 is 2.10 bits per heavy atom. The molecular weight excluding hydrogens is 256 g/mol. The topological polar surface area (TPSA) is 64.4 Å². The molecule has 5 nitrogen and oxygen atoms in total. The Hall–Kier alpha value is -2.30. The smallest absolute Gasteiger partial charge is 0.335 e. The first-order valence-electron chi connectivity index (χ1n) is 6.51. The molecule has 0 aliphatic rings. The molecule has 0 aliphatic heterocycles. The largest absolute Gasteiger partial charge is 0.487 e. The number of carboxylic acid groups (broad SMARTS) is 1. The first-order chi connectivity index (χ1) is 9.51. The summed E-state index contributed by atoms with van der Waals surface area (Å²) in [6.07, 6.45) is 0. The van der Waals surface area contributed by atoms with Crippen molar-refractivity contribution in [3.63, 3.8) is 0 Å². The molecule has 0 unspecified atom stereocenters. The van der Waals surface area contributed by atoms with Gasteiger partial charge in [0, 0.05) is 6.54 Å². The van der Waals surface area contributed by atoms with Crippen molar-refractivity contribution in [3.8, 4) is 5.75 Å². The van der Waals surface area contributed by atoms with Gasteiger partial charge in [-0.15, -0.1) is 0 Å². The van der Waals surface area contributed by atoms with Gasteiger partial charge >= 0.3 is 5.97 Å². The second-order valence-electron chi connectivity index (χ2n) is 4.67. The van der Waals surface area contributed by atoms with Gasteiger partial charge in [0.2, 0.25) is 0 Å². The second-order valence-corrected chi connectivity index (χ2v) is 4.67. The van der Waals surface area contributed by atoms with E-state index >= 15 is 0 Å². The van der Waals surface area contributed by atoms with Gasteiger partial charge < -0.3 is 9.84 Å². The number of hydrogen-bond donors (Lipinski definition) is 1. The maximum atomic E-state index is 10.9. The third kappa shape index (κ3) is 2.99. The van der Waals surface area contributed by atoms with Crippen LogP contribution in [0.1, 0.15) is 34.2 Å². The third-order valence-electron chi connectivity index (χ3n) is 3.08. The maximum absolute atomic E-state index is 10.9. The number of nitrogens with zero attached hydrogens (tertiary/aromatic N) is 2. The molecule has 0 fully saturated rings. The van der Waals surface area contributed by atoms with Crippen LogP contribution in [-0.4, -0.2) is 20.9 Å². The van der Waals surface area contributed by atoms with E-state index in [0.717, 1.165) is 23.5 Å². The van der Waals surface area contributed by atoms with Crippen molar-refractivity contribution < 1.29 is 14.6 Å². The minimum absolute atomic E-state index is 0.268. The Kier molecular flexibility index (Phi) is 4.08. The Labute approximate surface area is 117 Å². The Morgan fingerprint density at radius 1 is 1.35 bits per heavy atom. The van der Waals surface area contributed by atoms with Gasteiger partial charge in [-0.05, 0) is 50.6 Å². The summed E-state index contributed by atoms with van der Waals surface area (Å²) in [6.45, 7) is 7.03. The predicted octanol–water partition coefficient (Wildman–Crippen LogP) is 2.80. The van der Waals surface area contributed by atoms with Crippen LogP contribution >= 0.6 is 0 Å². The Bertz CT molecular complexity index is 632. The molecule has 0 bridgehead atoms. The Morgan fingerprint density at radius 3 is 2.70 bits per heavy atom. The minimum atomic E-state index is -0.931. The van der Waals surface area contributed by atoms with E-state index in [0.29, 0.717) is 12.4 Å². The summed E-state index contributed by atoms with van der Waals surface area (Å²) in [5.41, 5.74) is 3.04. The molecule has 1 N–H and O–H groups in total. The van der Waals surface area contributed by atoms with Crippen molar-refractivity contribution in [1.29, 1.82) is 0 Å². The highest BCUT2D eigenvalue weighted by molar-refractivity contribution is 5.88. The average molecular weight is 274 g/mol. The van der Waals surface area contributed by atoms with Crippen LogP contribution in [0.4, 0.5) is 0 Å². The molecule has 1 aromatic heterocycles. The molecule has 1 heterocycles. The standard InChI is InChI=1S/C15H18N2O3/c1-4-17-13(8-11(3)16-17)9-20-14-6-5-12(15(18)19)7-10(14)2/h5-8H,4,9H2,1-3H3,(H,18,19). The molecule has 0 saturated carbocycles. The fourth-order valence-corrected chi connectivity index (χ4v) is 2.09. The number of aromatic nitrogens is 2. The van der Waals surface area contributed by atoms with Gasteiger partial charge in [-0.25, -0.2) is 4.79 Å². The highest BCUT2D eigenvalue weighted by Crippen LogP contribution is 2.20. The normalized spacial score (nSPS) is 10.6. The number of ether oxygens (including phenoxy) is 1. The molecular formula is C15H18N2O3. The highest BCUT2D eigenvalue weighted by atomic mass is 16.5. The van der Waals surface area contributed by atoms with E-state index in [1.807, 2.05) is 31.5 Å². The van der Waals surface area contributed by atoms with Gasteiger partial charge in [-0.3, -0.25) is 4.68 Å². The van der Waals surface area contributed by atoms with Crippen molar-refractivity contribution in [1.82, 2.24) is 9.78 Å². The lowest BCUT2D eigenvalue weighted by Gasteiger charge is -2.10. The van der Waals surface area contributed by atoms with Crippen molar-refractivity contribution in [3.05, 3.63) is 46.8 Å². The molecule has 106 valence electrons. The van der Waals surface area contributed by atoms with Gasteiger partial charge in [-0.1, -0.05) is 0 Å². The molecule has 0 aliphatic carbocycles. The number of aryl methyl sites for hydroxylation is 3. The molecule has 1 aromatic carbocycles. The molecule has 0 saturated heterocycles. The fourth-order valence-electron chi connectivity index (χ4n) is 2.09. The van der Waals surface area contributed by atoms with Crippen molar-refractivity contribution >= 4 is 5.97 Å². The molecule has 0 amide bonds. The number of carbonyl (C=O) groups is 1. The summed E-state index contributed by atoms with van der Waals surface area (Å²) in [5.74, 6) is -0.240. The van der Waals surface area contributed by atoms with Crippen LogP contribution in [0.25, 0.3) is 0 Å². The van der Waals surface area contributed by atoms with Crippen LogP contribution in [0.15, 0.2) is 24.3 Å². The zero-order chi connectivity index (χ0) is 14.7. The third-order valence-corrected chi connectivity index (χ3v) is 3.08. The van der Waals surface area contributed by atoms with Crippen LogP contribution in [0.5, 0.6) is 5.75 Å². The summed E-state index contributed by atoms with van der Waals surface area (Å²) in [6, 6.07) is 6.84. The monoisotopic (exact) mass is 274 g/mol. The lowest BCUT2D eigenvalue weighted by Crippen LogP contribution is -2.07. The van der Waals surface area contributed by atoms with Crippen molar-refractivity contribution in [2.45, 2.75) is 33.9 Å². The van der Waals surface area contributed by atoms with Gasteiger partial charge in [0.15, 0.2) is 0 Å². The van der Waals surface area contributed by atoms with E-state index in [1.54, 1.807) is 18.2 Å². The van der Waals surface area contributed by atoms with Gasteiger partial charge in [0.25, 0.3) is 0 Å². The molecule has 2 aromatic rings. The summed E-state index contributed by atoms with van der Waals surface area (Å²) < 4.78 is 7.66. The van der Waals surface area contributed by atoms with Crippen LogP contribution in [0.3, 0.4) is 0 Å². The van der Waals surface area contributed by atoms with Gasteiger partial charge in [0.1, 0.15) is 12.4 Å². The number of carboxylic acids is 1. The van der Waals surface area contributed by atoms with E-state index < -0.39 is 5.97 Å². The Balaban J connectivity index is 2.12. The molecule has 2 rings (SSSR count). The van der Waals surface area contributed by atoms with Crippen molar-refractivity contribution in [2.75, 3.05) is 0 Å². The number of aromatic carboxylic acids is 1. The number of rotatable bonds is 5. The van der Waals surface area contributed by atoms with Crippen LogP contribution < -0.4 is 4.74 Å². The van der Waals surface area contributed by atoms with Crippen LogP contribution in [-0.2, 0) is 13.2 Å². The van der Waals surface area contributed by atoms with Gasteiger partial charge in [0.05, 0.1) is 17.0 Å². The van der Waals surface area contributed by atoms with Crippen LogP contribution in [0.2, 0.25) is 0 Å². The fraction of sp³-hybridized carbons (Fsp3) is 0.333. The second kappa shape index (κ2) is 5.77. The zero-order valence-corrected chi connectivity index (χ0v) is 11.9. The SMILES string of the molecule is CCn1nc(C)cc1COc1ccc(C(=O)O)cc1C. The van der Waals surface area contributed by atoms with E-state index in [2.05, 4.69) is 5.10 Å². The zero-order valence-electron chi connectivity index (χ0n) is 11.9. The summed E-state index contributed by atoms with van der Waals surface area (Å²) in [5, 5.41) is 13.3. The van der Waals surface area contributed by atoms with Crippen molar-refractivity contribution in [2.24, 2.45) is 0 Å². The maximum Gasteiger partial charge on any atom is 0.335 e. The molecule has 0 radical (unpaired) electrons. The van der Waals surface area contributed by atoms with Gasteiger partial charge in [-0.2, -0.15) is 5.10 Å². The lowest BCUT2D eigenvalue weighted by atomic mass is 10.1. The average Bonchev–Trinajstić information content (AvgIpc) is 2.77. The van der Waals surface area contributed by atoms with E-state index in [4.69, 9.17) is 9.84 Å². The predicted molar refractivity (Wildman–Crippen MR) is 75.1 cm³/mol. The lowest BCUT2D eigenvalue weighted by molar-refractivity contribution is 0.0696. The quantitative estimate of drug-likeness (QED) is 0.910. The first kappa shape index (κ1) is 14.1. The van der Waals surface area contributed by atoms with E-state index in [1.165, 1.54) is 0 Å². The highest BCUT2D eigenvalue weighted by Gasteiger charge is 2.08.